The van der Waals surface area contributed by atoms with Crippen molar-refractivity contribution in [2.75, 3.05) is 5.06 Å². The van der Waals surface area contributed by atoms with E-state index in [1.807, 2.05) is 42.5 Å². The molecule has 25 heavy (non-hydrogen) atoms. The van der Waals surface area contributed by atoms with Gasteiger partial charge in [0.15, 0.2) is 0 Å². The topological polar surface area (TPSA) is 78.2 Å². The predicted octanol–water partition coefficient (Wildman–Crippen LogP) is 3.12. The largest absolute Gasteiger partial charge is 0.387 e. The van der Waals surface area contributed by atoms with Crippen LogP contribution >= 0.6 is 0 Å². The zero-order valence-electron chi connectivity index (χ0n) is 14.0. The number of anilines is 1. The Hall–Kier alpha value is -3.33. The molecule has 1 aromatic heterocycles. The van der Waals surface area contributed by atoms with Crippen LogP contribution in [0.5, 0.6) is 0 Å². The molecule has 1 N–H and O–H groups in total. The summed E-state index contributed by atoms with van der Waals surface area (Å²) in [5, 5.41) is 13.4. The number of pyridine rings is 1. The van der Waals surface area contributed by atoms with Gasteiger partial charge in [-0.25, -0.2) is 0 Å². The highest BCUT2D eigenvalue weighted by molar-refractivity contribution is 5.93. The first-order chi connectivity index (χ1) is 12.0. The summed E-state index contributed by atoms with van der Waals surface area (Å²) in [4.78, 5) is 22.0. The Balaban J connectivity index is 1.84. The van der Waals surface area contributed by atoms with Gasteiger partial charge in [-0.2, -0.15) is 10.3 Å². The average molecular weight is 334 g/mol. The van der Waals surface area contributed by atoms with Crippen LogP contribution in [0.25, 0.3) is 0 Å². The molecule has 1 aliphatic rings. The second-order valence-electron chi connectivity index (χ2n) is 6.21. The highest BCUT2D eigenvalue weighted by Crippen LogP contribution is 2.32. The minimum absolute atomic E-state index is 0.0879. The minimum atomic E-state index is -0.965. The molecule has 0 saturated heterocycles. The molecule has 2 aromatic rings. The van der Waals surface area contributed by atoms with Crippen molar-refractivity contribution in [2.45, 2.75) is 25.4 Å². The lowest BCUT2D eigenvalue weighted by Gasteiger charge is -2.25. The number of rotatable bonds is 4. The van der Waals surface area contributed by atoms with Crippen LogP contribution in [0.15, 0.2) is 61.0 Å². The first kappa shape index (κ1) is 16.5. The second-order valence-corrected chi connectivity index (χ2v) is 6.21. The van der Waals surface area contributed by atoms with Crippen LogP contribution in [0.3, 0.4) is 0 Å². The first-order valence-electron chi connectivity index (χ1n) is 7.88. The second kappa shape index (κ2) is 6.65. The average Bonchev–Trinajstić information content (AvgIpc) is 3.12. The summed E-state index contributed by atoms with van der Waals surface area (Å²) in [5.41, 5.74) is 1.04. The molecule has 0 aliphatic carbocycles. The van der Waals surface area contributed by atoms with Crippen molar-refractivity contribution in [3.05, 3.63) is 72.3 Å². The fourth-order valence-electron chi connectivity index (χ4n) is 2.49. The number of hydrogen-bond acceptors (Lipinski definition) is 5. The summed E-state index contributed by atoms with van der Waals surface area (Å²) in [5.74, 6) is -0.406. The molecule has 0 saturated carbocycles. The summed E-state index contributed by atoms with van der Waals surface area (Å²) in [6, 6.07) is 15.3. The first-order valence-corrected chi connectivity index (χ1v) is 7.88. The number of carbonyl (C=O) groups is 1. The number of hydrogen-bond donors (Lipinski definition) is 1. The number of aromatic nitrogens is 1. The van der Waals surface area contributed by atoms with Gasteiger partial charge in [-0.15, -0.1) is 0 Å². The molecule has 0 spiro atoms. The number of carbonyl (C=O) groups excluding carboxylic acids is 1. The van der Waals surface area contributed by atoms with E-state index in [1.54, 1.807) is 43.5 Å². The van der Waals surface area contributed by atoms with E-state index in [-0.39, 0.29) is 11.7 Å². The van der Waals surface area contributed by atoms with E-state index in [2.05, 4.69) is 10.3 Å². The fraction of sp³-hybridized carbons (Fsp3) is 0.211. The molecular weight excluding hydrogens is 316 g/mol. The molecule has 1 unspecified atom stereocenters. The van der Waals surface area contributed by atoms with Gasteiger partial charge in [0.2, 0.25) is 0 Å². The lowest BCUT2D eigenvalue weighted by atomic mass is 10.1. The van der Waals surface area contributed by atoms with Crippen molar-refractivity contribution in [2.24, 2.45) is 0 Å². The minimum Gasteiger partial charge on any atom is -0.387 e. The number of amides is 1. The Morgan fingerprint density at radius 3 is 2.80 bits per heavy atom. The van der Waals surface area contributed by atoms with E-state index >= 15 is 0 Å². The highest BCUT2D eigenvalue weighted by atomic mass is 16.7. The van der Waals surface area contributed by atoms with E-state index in [9.17, 15) is 4.79 Å². The van der Waals surface area contributed by atoms with Crippen molar-refractivity contribution in [3.63, 3.8) is 0 Å². The lowest BCUT2D eigenvalue weighted by Crippen LogP contribution is -2.42. The fourth-order valence-corrected chi connectivity index (χ4v) is 2.49. The third-order valence-corrected chi connectivity index (χ3v) is 3.77. The van der Waals surface area contributed by atoms with Gasteiger partial charge in [0.1, 0.15) is 23.5 Å². The van der Waals surface area contributed by atoms with Crippen LogP contribution in [0, 0.1) is 11.3 Å². The number of nitrogens with zero attached hydrogens (tertiary/aromatic N) is 3. The van der Waals surface area contributed by atoms with E-state index < -0.39 is 11.4 Å². The molecule has 126 valence electrons. The number of nitrogens with one attached hydrogen (secondary N) is 1. The van der Waals surface area contributed by atoms with Gasteiger partial charge in [-0.3, -0.25) is 9.78 Å². The molecule has 1 amide bonds. The van der Waals surface area contributed by atoms with Crippen molar-refractivity contribution in [1.29, 1.82) is 5.26 Å². The van der Waals surface area contributed by atoms with E-state index in [0.29, 0.717) is 5.69 Å². The molecule has 1 aliphatic heterocycles. The van der Waals surface area contributed by atoms with Gasteiger partial charge in [-0.1, -0.05) is 30.3 Å². The molecule has 3 rings (SSSR count). The smallest absolute Gasteiger partial charge is 0.271 e. The molecular formula is C19H18N4O2. The van der Waals surface area contributed by atoms with Gasteiger partial charge < -0.3 is 10.2 Å². The van der Waals surface area contributed by atoms with Crippen molar-refractivity contribution >= 4 is 11.6 Å². The molecule has 1 atom stereocenters. The summed E-state index contributed by atoms with van der Waals surface area (Å²) >= 11 is 0. The maximum atomic E-state index is 12.3. The van der Waals surface area contributed by atoms with Gasteiger partial charge in [0.25, 0.3) is 5.91 Å². The lowest BCUT2D eigenvalue weighted by molar-refractivity contribution is 0.0924. The maximum Gasteiger partial charge on any atom is 0.271 e. The van der Waals surface area contributed by atoms with Crippen molar-refractivity contribution < 1.29 is 9.63 Å². The summed E-state index contributed by atoms with van der Waals surface area (Å²) in [6.45, 7) is 3.27. The standard InChI is InChI=1S/C19H18N4O2/c1-19(2,13-20)22-18(24)16-12-15(8-10-21-16)23-17(9-11-25-23)14-6-4-3-5-7-14/h3-12,17H,1-2H3,(H,22,24). The Kier molecular flexibility index (Phi) is 4.40. The Bertz CT molecular complexity index is 840. The van der Waals surface area contributed by atoms with Crippen LogP contribution in [0.1, 0.15) is 35.9 Å². The zero-order chi connectivity index (χ0) is 17.9. The summed E-state index contributed by atoms with van der Waals surface area (Å²) < 4.78 is 0. The van der Waals surface area contributed by atoms with Gasteiger partial charge in [-0.05, 0) is 37.6 Å². The van der Waals surface area contributed by atoms with Crippen LogP contribution in [-0.4, -0.2) is 16.4 Å². The van der Waals surface area contributed by atoms with Gasteiger partial charge >= 0.3 is 0 Å². The number of benzene rings is 1. The van der Waals surface area contributed by atoms with Crippen molar-refractivity contribution in [3.8, 4) is 6.07 Å². The molecule has 1 aromatic carbocycles. The molecule has 6 heteroatoms. The van der Waals surface area contributed by atoms with Crippen LogP contribution in [0.4, 0.5) is 5.69 Å². The van der Waals surface area contributed by atoms with E-state index in [0.717, 1.165) is 5.56 Å². The normalized spacial score (nSPS) is 16.2. The molecule has 0 radical (unpaired) electrons. The quantitative estimate of drug-likeness (QED) is 0.929. The van der Waals surface area contributed by atoms with Crippen LogP contribution in [0.2, 0.25) is 0 Å². The molecule has 2 heterocycles. The van der Waals surface area contributed by atoms with E-state index in [1.165, 1.54) is 0 Å². The highest BCUT2D eigenvalue weighted by Gasteiger charge is 2.26. The maximum absolute atomic E-state index is 12.3. The number of nitriles is 1. The predicted molar refractivity (Wildman–Crippen MR) is 93.3 cm³/mol. The number of hydroxylamine groups is 1. The Morgan fingerprint density at radius 1 is 1.32 bits per heavy atom. The molecule has 0 bridgehead atoms. The SMILES string of the molecule is CC(C)(C#N)NC(=O)c1cc(N2OC=CC2c2ccccc2)ccn1. The van der Waals surface area contributed by atoms with Crippen LogP contribution < -0.4 is 10.4 Å². The third-order valence-electron chi connectivity index (χ3n) is 3.77. The van der Waals surface area contributed by atoms with Crippen LogP contribution in [-0.2, 0) is 4.84 Å². The third kappa shape index (κ3) is 3.61. The van der Waals surface area contributed by atoms with Crippen molar-refractivity contribution in [1.82, 2.24) is 10.3 Å². The Morgan fingerprint density at radius 2 is 2.08 bits per heavy atom. The van der Waals surface area contributed by atoms with E-state index in [4.69, 9.17) is 10.1 Å². The van der Waals surface area contributed by atoms with Gasteiger partial charge in [0, 0.05) is 6.20 Å². The zero-order valence-corrected chi connectivity index (χ0v) is 14.0. The molecule has 6 nitrogen and oxygen atoms in total. The van der Waals surface area contributed by atoms with Gasteiger partial charge in [0.05, 0.1) is 11.8 Å². The molecule has 0 fully saturated rings. The Labute approximate surface area is 146 Å². The summed E-state index contributed by atoms with van der Waals surface area (Å²) in [6.07, 6.45) is 5.11. The monoisotopic (exact) mass is 334 g/mol. The summed E-state index contributed by atoms with van der Waals surface area (Å²) in [7, 11) is 0.